The Labute approximate surface area is 73.6 Å². The molecule has 0 atom stereocenters. The van der Waals surface area contributed by atoms with E-state index >= 15 is 0 Å². The van der Waals surface area contributed by atoms with Crippen molar-refractivity contribution >= 4 is 7.12 Å². The van der Waals surface area contributed by atoms with Gasteiger partial charge in [-0.3, -0.25) is 0 Å². The van der Waals surface area contributed by atoms with E-state index in [1.807, 2.05) is 37.3 Å². The Morgan fingerprint density at radius 3 is 2.42 bits per heavy atom. The molecule has 1 rings (SSSR count). The van der Waals surface area contributed by atoms with Gasteiger partial charge >= 0.3 is 7.12 Å². The van der Waals surface area contributed by atoms with E-state index < -0.39 is 0 Å². The summed E-state index contributed by atoms with van der Waals surface area (Å²) in [6, 6.07) is 9.68. The van der Waals surface area contributed by atoms with Gasteiger partial charge in [-0.1, -0.05) is 25.1 Å². The second-order valence-electron chi connectivity index (χ2n) is 2.50. The van der Waals surface area contributed by atoms with Gasteiger partial charge in [0.2, 0.25) is 0 Å². The van der Waals surface area contributed by atoms with E-state index in [2.05, 4.69) is 0 Å². The number of rotatable bonds is 4. The van der Waals surface area contributed by atoms with Crippen LogP contribution in [-0.4, -0.2) is 14.2 Å². The maximum absolute atomic E-state index is 5.49. The molecule has 1 aromatic rings. The molecule has 0 aliphatic carbocycles. The van der Waals surface area contributed by atoms with Gasteiger partial charge < -0.3 is 9.31 Å². The van der Waals surface area contributed by atoms with Gasteiger partial charge in [0.15, 0.2) is 0 Å². The number of para-hydroxylation sites is 1. The van der Waals surface area contributed by atoms with Crippen molar-refractivity contribution in [1.29, 1.82) is 0 Å². The van der Waals surface area contributed by atoms with Crippen molar-refractivity contribution in [2.45, 2.75) is 13.2 Å². The highest BCUT2D eigenvalue weighted by atomic mass is 16.6. The average molecular weight is 164 g/mol. The van der Waals surface area contributed by atoms with E-state index in [4.69, 9.17) is 9.31 Å². The molecule has 0 heterocycles. The lowest BCUT2D eigenvalue weighted by Crippen LogP contribution is -2.23. The topological polar surface area (TPSA) is 18.5 Å². The Hall–Kier alpha value is -0.955. The molecule has 0 aliphatic heterocycles. The van der Waals surface area contributed by atoms with Crippen LogP contribution < -0.4 is 4.65 Å². The highest BCUT2D eigenvalue weighted by Crippen LogP contribution is 2.10. The third-order valence-corrected chi connectivity index (χ3v) is 1.61. The van der Waals surface area contributed by atoms with E-state index in [-0.39, 0.29) is 7.12 Å². The van der Waals surface area contributed by atoms with E-state index in [9.17, 15) is 0 Å². The molecule has 3 heteroatoms. The van der Waals surface area contributed by atoms with Gasteiger partial charge in [-0.25, -0.2) is 0 Å². The summed E-state index contributed by atoms with van der Waals surface area (Å²) >= 11 is 0. The summed E-state index contributed by atoms with van der Waals surface area (Å²) in [6.07, 6.45) is 0.853. The van der Waals surface area contributed by atoms with Gasteiger partial charge in [0, 0.05) is 7.11 Å². The number of hydrogen-bond donors (Lipinski definition) is 0. The molecule has 0 unspecified atom stereocenters. The molecule has 12 heavy (non-hydrogen) atoms. The Morgan fingerprint density at radius 1 is 1.25 bits per heavy atom. The molecule has 64 valence electrons. The van der Waals surface area contributed by atoms with Gasteiger partial charge in [0.25, 0.3) is 0 Å². The lowest BCUT2D eigenvalue weighted by atomic mass is 9.86. The third-order valence-electron chi connectivity index (χ3n) is 1.61. The largest absolute Gasteiger partial charge is 0.536 e. The molecule has 0 fully saturated rings. The van der Waals surface area contributed by atoms with Crippen LogP contribution in [-0.2, 0) is 4.65 Å². The van der Waals surface area contributed by atoms with E-state index in [1.165, 1.54) is 0 Å². The van der Waals surface area contributed by atoms with Crippen molar-refractivity contribution in [3.05, 3.63) is 30.3 Å². The minimum atomic E-state index is -0.132. The lowest BCUT2D eigenvalue weighted by molar-refractivity contribution is 0.335. The Balaban J connectivity index is 2.51. The molecule has 0 amide bonds. The monoisotopic (exact) mass is 164 g/mol. The zero-order valence-corrected chi connectivity index (χ0v) is 7.49. The molecule has 0 saturated carbocycles. The van der Waals surface area contributed by atoms with Crippen molar-refractivity contribution in [3.8, 4) is 5.75 Å². The van der Waals surface area contributed by atoms with Crippen molar-refractivity contribution in [2.75, 3.05) is 7.11 Å². The summed E-state index contributed by atoms with van der Waals surface area (Å²) in [7, 11) is 1.52. The molecule has 1 aromatic carbocycles. The summed E-state index contributed by atoms with van der Waals surface area (Å²) in [5, 5.41) is 0. The fourth-order valence-corrected chi connectivity index (χ4v) is 0.949. The maximum atomic E-state index is 5.49. The summed E-state index contributed by atoms with van der Waals surface area (Å²) in [5.41, 5.74) is 0. The standard InChI is InChI=1S/C9H13BO2/c1-3-10(11-2)12-9-7-5-4-6-8-9/h4-8H,3H2,1-2H3. The Bertz CT molecular complexity index is 209. The van der Waals surface area contributed by atoms with Gasteiger partial charge in [0.05, 0.1) is 0 Å². The van der Waals surface area contributed by atoms with Crippen molar-refractivity contribution < 1.29 is 9.31 Å². The fourth-order valence-electron chi connectivity index (χ4n) is 0.949. The number of hydrogen-bond acceptors (Lipinski definition) is 2. The first-order chi connectivity index (χ1) is 5.86. The zero-order chi connectivity index (χ0) is 8.81. The molecule has 0 saturated heterocycles. The quantitative estimate of drug-likeness (QED) is 0.635. The summed E-state index contributed by atoms with van der Waals surface area (Å²) in [6.45, 7) is 2.02. The van der Waals surface area contributed by atoms with Crippen LogP contribution in [0.4, 0.5) is 0 Å². The van der Waals surface area contributed by atoms with Crippen LogP contribution in [0, 0.1) is 0 Å². The van der Waals surface area contributed by atoms with Crippen LogP contribution in [0.1, 0.15) is 6.92 Å². The normalized spacial score (nSPS) is 9.50. The van der Waals surface area contributed by atoms with Gasteiger partial charge in [0.1, 0.15) is 5.75 Å². The predicted molar refractivity (Wildman–Crippen MR) is 50.3 cm³/mol. The van der Waals surface area contributed by atoms with Crippen molar-refractivity contribution in [2.24, 2.45) is 0 Å². The van der Waals surface area contributed by atoms with Crippen LogP contribution in [0.15, 0.2) is 30.3 Å². The first-order valence-corrected chi connectivity index (χ1v) is 4.11. The third kappa shape index (κ3) is 2.59. The van der Waals surface area contributed by atoms with Gasteiger partial charge in [-0.2, -0.15) is 0 Å². The first kappa shape index (κ1) is 9.14. The lowest BCUT2D eigenvalue weighted by Gasteiger charge is -2.10. The first-order valence-electron chi connectivity index (χ1n) is 4.11. The second-order valence-corrected chi connectivity index (χ2v) is 2.50. The molecule has 0 radical (unpaired) electrons. The van der Waals surface area contributed by atoms with E-state index in [0.717, 1.165) is 12.1 Å². The minimum absolute atomic E-state index is 0.132. The highest BCUT2D eigenvalue weighted by Gasteiger charge is 2.14. The zero-order valence-electron chi connectivity index (χ0n) is 7.49. The van der Waals surface area contributed by atoms with Crippen LogP contribution in [0.25, 0.3) is 0 Å². The molecule has 0 aliphatic rings. The van der Waals surface area contributed by atoms with Crippen molar-refractivity contribution in [1.82, 2.24) is 0 Å². The smallest absolute Gasteiger partial charge is 0.524 e. The molecule has 0 spiro atoms. The Kier molecular flexibility index (Phi) is 3.68. The molecule has 0 N–H and O–H groups in total. The SMILES string of the molecule is CCB(OC)Oc1ccccc1. The fraction of sp³-hybridized carbons (Fsp3) is 0.333. The van der Waals surface area contributed by atoms with Crippen LogP contribution >= 0.6 is 0 Å². The second kappa shape index (κ2) is 4.83. The van der Waals surface area contributed by atoms with Crippen LogP contribution in [0.2, 0.25) is 6.32 Å². The van der Waals surface area contributed by atoms with Crippen LogP contribution in [0.5, 0.6) is 5.75 Å². The Morgan fingerprint density at radius 2 is 1.92 bits per heavy atom. The minimum Gasteiger partial charge on any atom is -0.536 e. The molecule has 2 nitrogen and oxygen atoms in total. The maximum Gasteiger partial charge on any atom is 0.524 e. The van der Waals surface area contributed by atoms with Crippen LogP contribution in [0.3, 0.4) is 0 Å². The summed E-state index contributed by atoms with van der Waals surface area (Å²) < 4.78 is 10.6. The van der Waals surface area contributed by atoms with E-state index in [0.29, 0.717) is 0 Å². The summed E-state index contributed by atoms with van der Waals surface area (Å²) in [4.78, 5) is 0. The van der Waals surface area contributed by atoms with Crippen molar-refractivity contribution in [3.63, 3.8) is 0 Å². The predicted octanol–water partition coefficient (Wildman–Crippen LogP) is 2.22. The van der Waals surface area contributed by atoms with Gasteiger partial charge in [-0.05, 0) is 18.5 Å². The summed E-state index contributed by atoms with van der Waals surface area (Å²) in [5.74, 6) is 0.853. The average Bonchev–Trinajstić information content (AvgIpc) is 2.16. The molecule has 0 aromatic heterocycles. The molecule has 0 bridgehead atoms. The number of benzene rings is 1. The van der Waals surface area contributed by atoms with E-state index in [1.54, 1.807) is 7.11 Å². The molecular formula is C9H13BO2. The van der Waals surface area contributed by atoms with Gasteiger partial charge in [-0.15, -0.1) is 0 Å². The highest BCUT2D eigenvalue weighted by molar-refractivity contribution is 6.45. The molecular weight excluding hydrogens is 151 g/mol.